The zero-order valence-electron chi connectivity index (χ0n) is 14.2. The molecule has 1 fully saturated rings. The molecule has 3 aromatic heterocycles. The Balaban J connectivity index is 1.52. The van der Waals surface area contributed by atoms with Crippen LogP contribution < -0.4 is 15.1 Å². The normalized spacial score (nSPS) is 17.1. The maximum absolute atomic E-state index is 13.5. The fraction of sp³-hybridized carbons (Fsp3) is 0.158. The molecular formula is C19H15FN6O. The van der Waals surface area contributed by atoms with Crippen LogP contribution in [-0.2, 0) is 0 Å². The van der Waals surface area contributed by atoms with Crippen LogP contribution in [0.4, 0.5) is 26.5 Å². The molecule has 1 atom stereocenters. The fourth-order valence-electron chi connectivity index (χ4n) is 3.46. The zero-order valence-corrected chi connectivity index (χ0v) is 14.2. The minimum atomic E-state index is -0.427. The third kappa shape index (κ3) is 2.57. The number of nitrogens with zero attached hydrogens (tertiary/aromatic N) is 5. The smallest absolute Gasteiger partial charge is 0.330 e. The lowest BCUT2D eigenvalue weighted by Crippen LogP contribution is -2.56. The van der Waals surface area contributed by atoms with Crippen LogP contribution in [0.15, 0.2) is 55.0 Å². The first-order chi connectivity index (χ1) is 13.2. The van der Waals surface area contributed by atoms with E-state index in [4.69, 9.17) is 0 Å². The van der Waals surface area contributed by atoms with Gasteiger partial charge in [0.2, 0.25) is 0 Å². The molecule has 0 aliphatic carbocycles. The van der Waals surface area contributed by atoms with Crippen molar-refractivity contribution in [1.29, 1.82) is 0 Å². The Hall–Kier alpha value is -3.55. The lowest BCUT2D eigenvalue weighted by Gasteiger charge is -2.39. The van der Waals surface area contributed by atoms with Crippen LogP contribution in [0.25, 0.3) is 11.3 Å². The number of rotatable bonds is 2. The first-order valence-electron chi connectivity index (χ1n) is 8.60. The number of hydrogen-bond donors (Lipinski definition) is 1. The van der Waals surface area contributed by atoms with Crippen molar-refractivity contribution in [3.63, 3.8) is 0 Å². The van der Waals surface area contributed by atoms with Gasteiger partial charge in [-0.3, -0.25) is 15.2 Å². The highest BCUT2D eigenvalue weighted by molar-refractivity contribution is 6.06. The molecule has 0 bridgehead atoms. The van der Waals surface area contributed by atoms with Crippen molar-refractivity contribution in [3.8, 4) is 11.3 Å². The van der Waals surface area contributed by atoms with E-state index in [9.17, 15) is 9.18 Å². The van der Waals surface area contributed by atoms with Crippen molar-refractivity contribution in [3.05, 3.63) is 60.8 Å². The molecule has 1 saturated heterocycles. The minimum Gasteiger partial charge on any atom is -0.347 e. The van der Waals surface area contributed by atoms with Gasteiger partial charge in [0.15, 0.2) is 5.82 Å². The van der Waals surface area contributed by atoms with Gasteiger partial charge in [-0.05, 0) is 30.3 Å². The highest BCUT2D eigenvalue weighted by Crippen LogP contribution is 2.45. The molecule has 3 aromatic rings. The van der Waals surface area contributed by atoms with E-state index >= 15 is 0 Å². The maximum atomic E-state index is 13.5. The molecule has 134 valence electrons. The second-order valence-electron chi connectivity index (χ2n) is 6.41. The van der Waals surface area contributed by atoms with Gasteiger partial charge in [-0.2, -0.15) is 0 Å². The van der Waals surface area contributed by atoms with Crippen molar-refractivity contribution in [2.75, 3.05) is 21.7 Å². The molecule has 0 spiro atoms. The Bertz CT molecular complexity index is 1030. The first kappa shape index (κ1) is 15.7. The summed E-state index contributed by atoms with van der Waals surface area (Å²) in [6.07, 6.45) is 5.13. The summed E-state index contributed by atoms with van der Waals surface area (Å²) in [6, 6.07) is 10.2. The van der Waals surface area contributed by atoms with Crippen LogP contribution >= 0.6 is 0 Å². The standard InChI is InChI=1S/C19H15FN6O/c20-13-9-12(10-21-11-13)14-4-5-15-18(23-14)26(17-6-8-25(15)17)19(27)24-16-3-1-2-7-22-16/h1-5,7,9-11,17H,6,8H2,(H,22,24,27)/t17-/m0/s1. The van der Waals surface area contributed by atoms with E-state index in [1.165, 1.54) is 6.07 Å². The van der Waals surface area contributed by atoms with Gasteiger partial charge in [0.05, 0.1) is 17.6 Å². The van der Waals surface area contributed by atoms with Crippen LogP contribution in [0.5, 0.6) is 0 Å². The van der Waals surface area contributed by atoms with Gasteiger partial charge in [0, 0.05) is 30.9 Å². The Labute approximate surface area is 154 Å². The summed E-state index contributed by atoms with van der Waals surface area (Å²) < 4.78 is 13.5. The lowest BCUT2D eigenvalue weighted by atomic mass is 10.1. The molecule has 2 amide bonds. The number of pyridine rings is 3. The molecule has 5 heterocycles. The molecule has 0 aromatic carbocycles. The van der Waals surface area contributed by atoms with Crippen molar-refractivity contribution in [1.82, 2.24) is 15.0 Å². The third-order valence-electron chi connectivity index (χ3n) is 4.80. The Kier molecular flexibility index (Phi) is 3.49. The molecule has 8 heteroatoms. The van der Waals surface area contributed by atoms with Crippen LogP contribution in [0.2, 0.25) is 0 Å². The lowest BCUT2D eigenvalue weighted by molar-refractivity contribution is 0.252. The van der Waals surface area contributed by atoms with Crippen molar-refractivity contribution >= 4 is 23.4 Å². The highest BCUT2D eigenvalue weighted by Gasteiger charge is 2.46. The predicted octanol–water partition coefficient (Wildman–Crippen LogP) is 3.27. The number of fused-ring (bicyclic) bond motifs is 3. The van der Waals surface area contributed by atoms with Crippen molar-refractivity contribution < 1.29 is 9.18 Å². The van der Waals surface area contributed by atoms with Gasteiger partial charge in [-0.25, -0.2) is 19.2 Å². The van der Waals surface area contributed by atoms with E-state index in [-0.39, 0.29) is 12.2 Å². The number of aromatic nitrogens is 3. The number of halogens is 1. The van der Waals surface area contributed by atoms with Gasteiger partial charge >= 0.3 is 6.03 Å². The summed E-state index contributed by atoms with van der Waals surface area (Å²) >= 11 is 0. The number of urea groups is 1. The third-order valence-corrected chi connectivity index (χ3v) is 4.80. The van der Waals surface area contributed by atoms with Crippen LogP contribution in [-0.4, -0.2) is 33.7 Å². The molecule has 27 heavy (non-hydrogen) atoms. The minimum absolute atomic E-state index is 0.0582. The number of nitrogens with one attached hydrogen (secondary N) is 1. The molecule has 2 aliphatic rings. The Morgan fingerprint density at radius 1 is 1.22 bits per heavy atom. The molecule has 2 aliphatic heterocycles. The average Bonchev–Trinajstić information content (AvgIpc) is 2.88. The van der Waals surface area contributed by atoms with Gasteiger partial charge in [0.1, 0.15) is 17.8 Å². The largest absolute Gasteiger partial charge is 0.347 e. The van der Waals surface area contributed by atoms with E-state index < -0.39 is 5.82 Å². The number of hydrogen-bond acceptors (Lipinski definition) is 5. The second-order valence-corrected chi connectivity index (χ2v) is 6.41. The maximum Gasteiger partial charge on any atom is 0.330 e. The van der Waals surface area contributed by atoms with Crippen LogP contribution in [0.1, 0.15) is 6.42 Å². The highest BCUT2D eigenvalue weighted by atomic mass is 19.1. The van der Waals surface area contributed by atoms with Gasteiger partial charge in [0.25, 0.3) is 0 Å². The Morgan fingerprint density at radius 2 is 2.15 bits per heavy atom. The summed E-state index contributed by atoms with van der Waals surface area (Å²) in [5, 5.41) is 2.81. The first-order valence-corrected chi connectivity index (χ1v) is 8.60. The van der Waals surface area contributed by atoms with Gasteiger partial charge < -0.3 is 4.90 Å². The second kappa shape index (κ2) is 6.01. The van der Waals surface area contributed by atoms with Gasteiger partial charge in [-0.15, -0.1) is 0 Å². The summed E-state index contributed by atoms with van der Waals surface area (Å²) in [5.41, 5.74) is 2.03. The van der Waals surface area contributed by atoms with E-state index in [0.29, 0.717) is 22.9 Å². The number of carbonyl (C=O) groups is 1. The van der Waals surface area contributed by atoms with E-state index in [1.807, 2.05) is 18.2 Å². The summed E-state index contributed by atoms with van der Waals surface area (Å²) in [6.45, 7) is 0.869. The van der Waals surface area contributed by atoms with Crippen molar-refractivity contribution in [2.45, 2.75) is 12.6 Å². The summed E-state index contributed by atoms with van der Waals surface area (Å²) in [5.74, 6) is 0.614. The summed E-state index contributed by atoms with van der Waals surface area (Å²) in [7, 11) is 0. The van der Waals surface area contributed by atoms with E-state index in [2.05, 4.69) is 25.2 Å². The zero-order chi connectivity index (χ0) is 18.4. The van der Waals surface area contributed by atoms with Gasteiger partial charge in [-0.1, -0.05) is 6.07 Å². The fourth-order valence-corrected chi connectivity index (χ4v) is 3.46. The number of carbonyl (C=O) groups excluding carboxylic acids is 1. The van der Waals surface area contributed by atoms with Crippen molar-refractivity contribution in [2.24, 2.45) is 0 Å². The summed E-state index contributed by atoms with van der Waals surface area (Å²) in [4.78, 5) is 29.3. The molecule has 0 radical (unpaired) electrons. The molecule has 0 saturated carbocycles. The topological polar surface area (TPSA) is 74.2 Å². The monoisotopic (exact) mass is 362 g/mol. The molecule has 7 nitrogen and oxygen atoms in total. The number of amides is 2. The van der Waals surface area contributed by atoms with E-state index in [0.717, 1.165) is 24.8 Å². The van der Waals surface area contributed by atoms with Crippen LogP contribution in [0.3, 0.4) is 0 Å². The molecule has 0 unspecified atom stereocenters. The molecule has 5 rings (SSSR count). The average molecular weight is 362 g/mol. The van der Waals surface area contributed by atoms with Crippen LogP contribution in [0, 0.1) is 5.82 Å². The molecule has 1 N–H and O–H groups in total. The Morgan fingerprint density at radius 3 is 2.89 bits per heavy atom. The predicted molar refractivity (Wildman–Crippen MR) is 98.9 cm³/mol. The SMILES string of the molecule is O=C(Nc1ccccn1)N1c2nc(-c3cncc(F)c3)ccc2N2CC[C@@H]21. The quantitative estimate of drug-likeness (QED) is 0.757. The van der Waals surface area contributed by atoms with E-state index in [1.54, 1.807) is 29.4 Å². The number of anilines is 3. The molecular weight excluding hydrogens is 347 g/mol.